The van der Waals surface area contributed by atoms with E-state index in [-0.39, 0.29) is 22.4 Å². The van der Waals surface area contributed by atoms with Crippen molar-refractivity contribution in [3.63, 3.8) is 0 Å². The Bertz CT molecular complexity index is 1100. The molecule has 3 aromatic rings. The topological polar surface area (TPSA) is 21.3 Å². The van der Waals surface area contributed by atoms with Gasteiger partial charge < -0.3 is 13.9 Å². The van der Waals surface area contributed by atoms with Crippen LogP contribution in [0.2, 0.25) is 0 Å². The van der Waals surface area contributed by atoms with Crippen LogP contribution in [-0.2, 0) is 18.0 Å². The van der Waals surface area contributed by atoms with Gasteiger partial charge in [-0.05, 0) is 43.4 Å². The van der Waals surface area contributed by atoms with Gasteiger partial charge in [-0.15, -0.1) is 0 Å². The molecule has 142 valence electrons. The molecule has 0 saturated carbocycles. The molecule has 2 aromatic heterocycles. The number of fused-ring (bicyclic) bond motifs is 7. The molecule has 2 aliphatic rings. The molecule has 2 atom stereocenters. The van der Waals surface area contributed by atoms with Gasteiger partial charge in [-0.3, -0.25) is 0 Å². The van der Waals surface area contributed by atoms with E-state index >= 15 is 0 Å². The lowest BCUT2D eigenvalue weighted by Crippen LogP contribution is -2.62. The van der Waals surface area contributed by atoms with Crippen molar-refractivity contribution < 1.29 is 4.42 Å². The Labute approximate surface area is 162 Å². The maximum absolute atomic E-state index is 6.63. The number of para-hydroxylation sites is 1. The van der Waals surface area contributed by atoms with E-state index in [4.69, 9.17) is 4.42 Å². The van der Waals surface area contributed by atoms with Crippen LogP contribution in [0.15, 0.2) is 34.9 Å². The second-order valence-corrected chi connectivity index (χ2v) is 9.83. The zero-order valence-electron chi connectivity index (χ0n) is 17.8. The average Bonchev–Trinajstić information content (AvgIpc) is 3.20. The lowest BCUT2D eigenvalue weighted by atomic mass is 9.52. The fourth-order valence-electron chi connectivity index (χ4n) is 5.95. The molecule has 3 nitrogen and oxygen atoms in total. The zero-order chi connectivity index (χ0) is 19.5. The first kappa shape index (κ1) is 17.0. The fraction of sp³-hybridized carbons (Fsp3) is 0.500. The fourth-order valence-corrected chi connectivity index (χ4v) is 5.95. The Morgan fingerprint density at radius 3 is 2.44 bits per heavy atom. The molecule has 0 N–H and O–H groups in total. The number of aryl methyl sites for hydroxylation is 2. The number of hydrogen-bond donors (Lipinski definition) is 0. The summed E-state index contributed by atoms with van der Waals surface area (Å²) < 4.78 is 8.73. The van der Waals surface area contributed by atoms with E-state index in [0.29, 0.717) is 0 Å². The summed E-state index contributed by atoms with van der Waals surface area (Å²) in [5, 5.41) is 1.26. The van der Waals surface area contributed by atoms with Crippen LogP contribution in [0.1, 0.15) is 70.0 Å². The zero-order valence-corrected chi connectivity index (χ0v) is 17.8. The Morgan fingerprint density at radius 2 is 1.74 bits per heavy atom. The quantitative estimate of drug-likeness (QED) is 0.475. The molecule has 0 saturated heterocycles. The summed E-state index contributed by atoms with van der Waals surface area (Å²) in [6.07, 6.45) is 2.11. The van der Waals surface area contributed by atoms with Crippen molar-refractivity contribution in [2.24, 2.45) is 12.5 Å². The van der Waals surface area contributed by atoms with E-state index in [1.54, 1.807) is 0 Å². The van der Waals surface area contributed by atoms with Crippen molar-refractivity contribution in [1.29, 1.82) is 0 Å². The minimum Gasteiger partial charge on any atom is -0.442 e. The SMILES string of the molecule is Cc1cccc2c1N1C(C)c3c(oc4c3ccn4C)C1(C)C(C)(C)C2(C)C. The Kier molecular flexibility index (Phi) is 2.91. The number of rotatable bonds is 0. The first-order valence-electron chi connectivity index (χ1n) is 10.0. The monoisotopic (exact) mass is 362 g/mol. The van der Waals surface area contributed by atoms with Crippen molar-refractivity contribution in [3.8, 4) is 0 Å². The van der Waals surface area contributed by atoms with Crippen molar-refractivity contribution in [2.45, 2.75) is 65.5 Å². The Balaban J connectivity index is 1.93. The molecular weight excluding hydrogens is 332 g/mol. The van der Waals surface area contributed by atoms with Gasteiger partial charge in [0, 0.05) is 35.3 Å². The molecule has 0 bridgehead atoms. The van der Waals surface area contributed by atoms with Gasteiger partial charge >= 0.3 is 0 Å². The molecule has 2 unspecified atom stereocenters. The van der Waals surface area contributed by atoms with Crippen LogP contribution in [0, 0.1) is 12.3 Å². The lowest BCUT2D eigenvalue weighted by molar-refractivity contribution is 0.0519. The normalized spacial score (nSPS) is 27.6. The third-order valence-corrected chi connectivity index (χ3v) is 8.41. The number of furan rings is 1. The van der Waals surface area contributed by atoms with Gasteiger partial charge in [0.05, 0.1) is 6.04 Å². The predicted octanol–water partition coefficient (Wildman–Crippen LogP) is 6.19. The van der Waals surface area contributed by atoms with E-state index in [0.717, 1.165) is 11.5 Å². The molecule has 0 radical (unpaired) electrons. The molecule has 0 amide bonds. The van der Waals surface area contributed by atoms with Crippen LogP contribution in [-0.4, -0.2) is 4.57 Å². The van der Waals surface area contributed by atoms with Crippen molar-refractivity contribution in [2.75, 3.05) is 4.90 Å². The molecule has 5 rings (SSSR count). The van der Waals surface area contributed by atoms with Crippen molar-refractivity contribution >= 4 is 16.8 Å². The van der Waals surface area contributed by atoms with Crippen LogP contribution in [0.5, 0.6) is 0 Å². The first-order valence-corrected chi connectivity index (χ1v) is 10.0. The number of aromatic nitrogens is 1. The first-order chi connectivity index (χ1) is 12.5. The van der Waals surface area contributed by atoms with Gasteiger partial charge in [0.15, 0.2) is 0 Å². The Hall–Kier alpha value is -2.16. The van der Waals surface area contributed by atoms with Crippen LogP contribution in [0.25, 0.3) is 11.1 Å². The molecular formula is C24H30N2O. The maximum Gasteiger partial charge on any atom is 0.207 e. The molecule has 0 fully saturated rings. The molecule has 0 spiro atoms. The summed E-state index contributed by atoms with van der Waals surface area (Å²) in [5.41, 5.74) is 6.35. The molecule has 0 aliphatic carbocycles. The van der Waals surface area contributed by atoms with Crippen molar-refractivity contribution in [1.82, 2.24) is 4.57 Å². The maximum atomic E-state index is 6.63. The highest BCUT2D eigenvalue weighted by atomic mass is 16.4. The standard InChI is InChI=1S/C24H30N2O/c1-14-10-9-11-17-19(14)26-15(2)18-16-12-13-25(8)21(16)27-20(18)24(26,7)23(5,6)22(17,3)4/h9-13,15H,1-8H3. The van der Waals surface area contributed by atoms with Crippen molar-refractivity contribution in [3.05, 3.63) is 52.9 Å². The van der Waals surface area contributed by atoms with E-state index < -0.39 is 0 Å². The summed E-state index contributed by atoms with van der Waals surface area (Å²) in [5.74, 6) is 1.16. The number of nitrogens with zero attached hydrogens (tertiary/aromatic N) is 2. The largest absolute Gasteiger partial charge is 0.442 e. The van der Waals surface area contributed by atoms with Crippen LogP contribution in [0.3, 0.4) is 0 Å². The predicted molar refractivity (Wildman–Crippen MR) is 111 cm³/mol. The minimum absolute atomic E-state index is 0.0138. The molecule has 3 heteroatoms. The van der Waals surface area contributed by atoms with Gasteiger partial charge in [0.2, 0.25) is 5.71 Å². The van der Waals surface area contributed by atoms with E-state index in [1.165, 1.54) is 27.8 Å². The number of hydrogen-bond acceptors (Lipinski definition) is 2. The highest BCUT2D eigenvalue weighted by Gasteiger charge is 2.66. The highest BCUT2D eigenvalue weighted by Crippen LogP contribution is 2.68. The number of benzene rings is 1. The van der Waals surface area contributed by atoms with Gasteiger partial charge in [-0.25, -0.2) is 0 Å². The van der Waals surface area contributed by atoms with Gasteiger partial charge in [-0.1, -0.05) is 45.9 Å². The van der Waals surface area contributed by atoms with Gasteiger partial charge in [0.25, 0.3) is 0 Å². The molecule has 4 heterocycles. The van der Waals surface area contributed by atoms with Crippen LogP contribution >= 0.6 is 0 Å². The van der Waals surface area contributed by atoms with E-state index in [2.05, 4.69) is 95.4 Å². The van der Waals surface area contributed by atoms with E-state index in [1.807, 2.05) is 0 Å². The number of anilines is 1. The van der Waals surface area contributed by atoms with E-state index in [9.17, 15) is 0 Å². The molecule has 1 aromatic carbocycles. The molecule has 27 heavy (non-hydrogen) atoms. The van der Waals surface area contributed by atoms with Crippen LogP contribution in [0.4, 0.5) is 5.69 Å². The van der Waals surface area contributed by atoms with Gasteiger partial charge in [0.1, 0.15) is 11.3 Å². The molecule has 2 aliphatic heterocycles. The third-order valence-electron chi connectivity index (χ3n) is 8.41. The smallest absolute Gasteiger partial charge is 0.207 e. The second-order valence-electron chi connectivity index (χ2n) is 9.83. The lowest BCUT2D eigenvalue weighted by Gasteiger charge is -2.61. The van der Waals surface area contributed by atoms with Crippen LogP contribution < -0.4 is 4.90 Å². The third kappa shape index (κ3) is 1.58. The summed E-state index contributed by atoms with van der Waals surface area (Å²) in [6.45, 7) is 16.6. The summed E-state index contributed by atoms with van der Waals surface area (Å²) in [6, 6.07) is 9.28. The minimum atomic E-state index is -0.205. The summed E-state index contributed by atoms with van der Waals surface area (Å²) in [7, 11) is 2.07. The second kappa shape index (κ2) is 4.63. The average molecular weight is 363 g/mol. The summed E-state index contributed by atoms with van der Waals surface area (Å²) in [4.78, 5) is 2.66. The summed E-state index contributed by atoms with van der Waals surface area (Å²) >= 11 is 0. The highest BCUT2D eigenvalue weighted by molar-refractivity contribution is 5.85. The Morgan fingerprint density at radius 1 is 1.04 bits per heavy atom. The van der Waals surface area contributed by atoms with Gasteiger partial charge in [-0.2, -0.15) is 0 Å².